The van der Waals surface area contributed by atoms with Crippen molar-refractivity contribution in [3.05, 3.63) is 89.0 Å². The number of aryl methyl sites for hydroxylation is 1. The third kappa shape index (κ3) is 7.09. The maximum Gasteiger partial charge on any atom is 0.573 e. The number of anilines is 1. The molecule has 7 nitrogen and oxygen atoms in total. The number of hydrazone groups is 1. The van der Waals surface area contributed by atoms with E-state index in [2.05, 4.69) is 39.6 Å². The maximum absolute atomic E-state index is 12.4. The van der Waals surface area contributed by atoms with E-state index in [9.17, 15) is 18.0 Å². The number of benzene rings is 3. The molecule has 0 bridgehead atoms. The second-order valence-electron chi connectivity index (χ2n) is 8.63. The number of oxime groups is 1. The number of nitrogens with one attached hydrogen (secondary N) is 2. The van der Waals surface area contributed by atoms with Crippen molar-refractivity contribution >= 4 is 23.6 Å². The van der Waals surface area contributed by atoms with Gasteiger partial charge in [-0.15, -0.1) is 13.2 Å². The summed E-state index contributed by atoms with van der Waals surface area (Å²) in [6.07, 6.45) is -2.14. The lowest BCUT2D eigenvalue weighted by Crippen LogP contribution is -2.24. The van der Waals surface area contributed by atoms with Gasteiger partial charge in [0.15, 0.2) is 5.75 Å². The average molecular weight is 511 g/mol. The molecule has 2 N–H and O–H groups in total. The van der Waals surface area contributed by atoms with Gasteiger partial charge in [0, 0.05) is 11.3 Å². The Morgan fingerprint density at radius 3 is 2.46 bits per heavy atom. The van der Waals surface area contributed by atoms with E-state index in [4.69, 9.17) is 4.84 Å². The van der Waals surface area contributed by atoms with E-state index in [0.29, 0.717) is 24.3 Å². The highest BCUT2D eigenvalue weighted by molar-refractivity contribution is 6.04. The van der Waals surface area contributed by atoms with E-state index in [0.717, 1.165) is 27.9 Å². The topological polar surface area (TPSA) is 84.3 Å². The monoisotopic (exact) mass is 510 g/mol. The first kappa shape index (κ1) is 25.7. The second-order valence-corrected chi connectivity index (χ2v) is 8.63. The first-order valence-corrected chi connectivity index (χ1v) is 11.6. The number of alkyl halides is 3. The largest absolute Gasteiger partial charge is 0.573 e. The molecular formula is C27H25F3N4O3. The molecule has 0 atom stereocenters. The Kier molecular flexibility index (Phi) is 7.76. The highest BCUT2D eigenvalue weighted by Crippen LogP contribution is 2.30. The fourth-order valence-electron chi connectivity index (χ4n) is 3.89. The zero-order valence-corrected chi connectivity index (χ0v) is 20.2. The number of carbonyl (C=O) groups excluding carboxylic acids is 1. The first-order valence-electron chi connectivity index (χ1n) is 11.6. The zero-order chi connectivity index (χ0) is 26.4. The number of hydrogen-bond acceptors (Lipinski definition) is 5. The minimum Gasteiger partial charge on any atom is -0.406 e. The van der Waals surface area contributed by atoms with Crippen LogP contribution in [-0.4, -0.2) is 24.3 Å². The third-order valence-electron chi connectivity index (χ3n) is 5.60. The summed E-state index contributed by atoms with van der Waals surface area (Å²) in [7, 11) is 0. The van der Waals surface area contributed by atoms with E-state index in [1.807, 2.05) is 24.3 Å². The number of carbonyl (C=O) groups is 1. The van der Waals surface area contributed by atoms with Crippen LogP contribution in [0.4, 0.5) is 23.7 Å². The zero-order valence-electron chi connectivity index (χ0n) is 20.2. The lowest BCUT2D eigenvalue weighted by atomic mass is 10.0. The third-order valence-corrected chi connectivity index (χ3v) is 5.60. The van der Waals surface area contributed by atoms with Gasteiger partial charge in [0.2, 0.25) is 0 Å². The van der Waals surface area contributed by atoms with Crippen LogP contribution < -0.4 is 20.3 Å². The van der Waals surface area contributed by atoms with Gasteiger partial charge in [0.05, 0.1) is 11.9 Å². The molecule has 0 unspecified atom stereocenters. The van der Waals surface area contributed by atoms with Gasteiger partial charge in [0.1, 0.15) is 5.75 Å². The van der Waals surface area contributed by atoms with Crippen molar-refractivity contribution in [3.8, 4) is 11.5 Å². The van der Waals surface area contributed by atoms with Gasteiger partial charge in [-0.3, -0.25) is 0 Å². The minimum atomic E-state index is -4.73. The summed E-state index contributed by atoms with van der Waals surface area (Å²) in [5.74, 6) is 0.490. The molecular weight excluding hydrogens is 485 g/mol. The molecule has 3 aromatic carbocycles. The Labute approximate surface area is 212 Å². The molecule has 10 heteroatoms. The van der Waals surface area contributed by atoms with Crippen molar-refractivity contribution in [1.29, 1.82) is 0 Å². The van der Waals surface area contributed by atoms with Gasteiger partial charge in [-0.25, -0.2) is 10.2 Å². The van der Waals surface area contributed by atoms with Crippen LogP contribution in [0, 0.1) is 0 Å². The van der Waals surface area contributed by atoms with Crippen LogP contribution in [0.3, 0.4) is 0 Å². The Morgan fingerprint density at radius 2 is 1.73 bits per heavy atom. The quantitative estimate of drug-likeness (QED) is 0.278. The molecule has 0 aromatic heterocycles. The first-order chi connectivity index (χ1) is 17.7. The molecule has 0 saturated heterocycles. The Morgan fingerprint density at radius 1 is 1.00 bits per heavy atom. The Bertz CT molecular complexity index is 1320. The number of amides is 2. The summed E-state index contributed by atoms with van der Waals surface area (Å²) in [6.45, 7) is 4.10. The number of hydrogen-bond donors (Lipinski definition) is 2. The molecule has 0 radical (unpaired) electrons. The van der Waals surface area contributed by atoms with Crippen LogP contribution in [0.15, 0.2) is 77.0 Å². The lowest BCUT2D eigenvalue weighted by Gasteiger charge is -2.12. The molecule has 1 aliphatic carbocycles. The van der Waals surface area contributed by atoms with Gasteiger partial charge in [-0.1, -0.05) is 37.2 Å². The molecule has 0 saturated carbocycles. The van der Waals surface area contributed by atoms with Crippen LogP contribution in [0.25, 0.3) is 0 Å². The summed E-state index contributed by atoms with van der Waals surface area (Å²) in [5.41, 5.74) is 7.03. The average Bonchev–Trinajstić information content (AvgIpc) is 3.25. The van der Waals surface area contributed by atoms with E-state index < -0.39 is 12.4 Å². The highest BCUT2D eigenvalue weighted by Gasteiger charge is 2.31. The molecule has 0 heterocycles. The molecule has 2 amide bonds. The van der Waals surface area contributed by atoms with Crippen molar-refractivity contribution in [2.75, 3.05) is 5.32 Å². The number of halogens is 3. The van der Waals surface area contributed by atoms with Crippen molar-refractivity contribution in [2.24, 2.45) is 10.3 Å². The van der Waals surface area contributed by atoms with E-state index in [1.54, 1.807) is 30.3 Å². The number of nitrogens with zero attached hydrogens (tertiary/aromatic N) is 2. The number of urea groups is 1. The number of para-hydroxylation sites is 1. The Hall–Kier alpha value is -4.34. The summed E-state index contributed by atoms with van der Waals surface area (Å²) in [5, 5.41) is 10.9. The molecule has 37 heavy (non-hydrogen) atoms. The molecule has 0 aliphatic heterocycles. The molecule has 1 aliphatic rings. The lowest BCUT2D eigenvalue weighted by molar-refractivity contribution is -0.274. The van der Waals surface area contributed by atoms with Crippen LogP contribution in [0.5, 0.6) is 11.5 Å². The summed E-state index contributed by atoms with van der Waals surface area (Å²) < 4.78 is 41.3. The summed E-state index contributed by atoms with van der Waals surface area (Å²) in [6, 6.07) is 18.2. The predicted octanol–water partition coefficient (Wildman–Crippen LogP) is 6.59. The highest BCUT2D eigenvalue weighted by atomic mass is 19.4. The molecule has 4 rings (SSSR count). The molecule has 0 fully saturated rings. The van der Waals surface area contributed by atoms with Crippen LogP contribution in [0.2, 0.25) is 0 Å². The van der Waals surface area contributed by atoms with E-state index in [-0.39, 0.29) is 11.7 Å². The normalized spacial score (nSPS) is 14.2. The Balaban J connectivity index is 1.30. The van der Waals surface area contributed by atoms with Crippen LogP contribution >= 0.6 is 0 Å². The maximum atomic E-state index is 12.4. The molecule has 0 spiro atoms. The van der Waals surface area contributed by atoms with Gasteiger partial charge >= 0.3 is 12.4 Å². The van der Waals surface area contributed by atoms with E-state index >= 15 is 0 Å². The number of rotatable bonds is 7. The fourth-order valence-corrected chi connectivity index (χ4v) is 3.89. The van der Waals surface area contributed by atoms with Gasteiger partial charge in [-0.05, 0) is 84.0 Å². The fraction of sp³-hybridized carbons (Fsp3) is 0.222. The van der Waals surface area contributed by atoms with Crippen molar-refractivity contribution < 1.29 is 27.5 Å². The van der Waals surface area contributed by atoms with Crippen molar-refractivity contribution in [2.45, 2.75) is 39.0 Å². The summed E-state index contributed by atoms with van der Waals surface area (Å²) >= 11 is 0. The summed E-state index contributed by atoms with van der Waals surface area (Å²) in [4.78, 5) is 17.7. The predicted molar refractivity (Wildman–Crippen MR) is 135 cm³/mol. The van der Waals surface area contributed by atoms with Gasteiger partial charge in [0.25, 0.3) is 0 Å². The standard InChI is InChI=1S/C27H25F3N4O3/c1-17(2)22-5-3-4-6-24(22)32-26(35)33-31-16-18-7-10-20(11-8-18)37-34-25-14-9-19-15-21(12-13-23(19)25)36-27(28,29)30/h3-8,10-13,15-17H,9,14H2,1-2H3,(H2,32,33,35). The molecule has 3 aromatic rings. The minimum absolute atomic E-state index is 0.252. The van der Waals surface area contributed by atoms with Crippen molar-refractivity contribution in [1.82, 2.24) is 5.43 Å². The van der Waals surface area contributed by atoms with Crippen LogP contribution in [-0.2, 0) is 6.42 Å². The second kappa shape index (κ2) is 11.2. The van der Waals surface area contributed by atoms with Crippen LogP contribution in [0.1, 0.15) is 48.4 Å². The van der Waals surface area contributed by atoms with Crippen molar-refractivity contribution in [3.63, 3.8) is 0 Å². The number of fused-ring (bicyclic) bond motifs is 1. The smallest absolute Gasteiger partial charge is 0.406 e. The number of ether oxygens (including phenoxy) is 1. The molecule has 192 valence electrons. The van der Waals surface area contributed by atoms with E-state index in [1.165, 1.54) is 18.3 Å². The SMILES string of the molecule is CC(C)c1ccccc1NC(=O)NN=Cc1ccc(ON=C2CCc3cc(OC(F)(F)F)ccc32)cc1. The van der Waals surface area contributed by atoms with Gasteiger partial charge in [-0.2, -0.15) is 5.10 Å². The van der Waals surface area contributed by atoms with Gasteiger partial charge < -0.3 is 14.9 Å².